The summed E-state index contributed by atoms with van der Waals surface area (Å²) in [6.07, 6.45) is 1.88. The highest BCUT2D eigenvalue weighted by molar-refractivity contribution is 7.98. The minimum Gasteiger partial charge on any atom is -0.497 e. The molecule has 3 nitrogen and oxygen atoms in total. The lowest BCUT2D eigenvalue weighted by atomic mass is 10.2. The predicted octanol–water partition coefficient (Wildman–Crippen LogP) is 3.86. The SMILES string of the molecule is COc1ccc(CSc2cccc3[nH]ncc23)cc1. The second kappa shape index (κ2) is 5.36. The van der Waals surface area contributed by atoms with Crippen LogP contribution in [0.2, 0.25) is 0 Å². The zero-order chi connectivity index (χ0) is 13.1. The lowest BCUT2D eigenvalue weighted by Gasteiger charge is -2.04. The molecular weight excluding hydrogens is 256 g/mol. The van der Waals surface area contributed by atoms with Gasteiger partial charge in [-0.05, 0) is 29.8 Å². The van der Waals surface area contributed by atoms with Crippen LogP contribution >= 0.6 is 11.8 Å². The Hall–Kier alpha value is -1.94. The van der Waals surface area contributed by atoms with Gasteiger partial charge in [-0.1, -0.05) is 18.2 Å². The van der Waals surface area contributed by atoms with Crippen LogP contribution in [0.1, 0.15) is 5.56 Å². The van der Waals surface area contributed by atoms with Crippen LogP contribution in [0.15, 0.2) is 53.6 Å². The number of thioether (sulfide) groups is 1. The summed E-state index contributed by atoms with van der Waals surface area (Å²) in [6, 6.07) is 14.4. The Morgan fingerprint density at radius 1 is 1.16 bits per heavy atom. The van der Waals surface area contributed by atoms with E-state index in [-0.39, 0.29) is 0 Å². The highest BCUT2D eigenvalue weighted by Gasteiger charge is 2.03. The number of nitrogens with one attached hydrogen (secondary N) is 1. The Labute approximate surface area is 116 Å². The summed E-state index contributed by atoms with van der Waals surface area (Å²) in [4.78, 5) is 1.25. The van der Waals surface area contributed by atoms with Crippen molar-refractivity contribution in [2.24, 2.45) is 0 Å². The number of aromatic nitrogens is 2. The Balaban J connectivity index is 1.76. The number of rotatable bonds is 4. The lowest BCUT2D eigenvalue weighted by Crippen LogP contribution is -1.84. The van der Waals surface area contributed by atoms with Crippen LogP contribution in [0.4, 0.5) is 0 Å². The van der Waals surface area contributed by atoms with E-state index < -0.39 is 0 Å². The van der Waals surface area contributed by atoms with E-state index in [0.29, 0.717) is 0 Å². The van der Waals surface area contributed by atoms with E-state index in [1.807, 2.05) is 36.2 Å². The van der Waals surface area contributed by atoms with Gasteiger partial charge in [0, 0.05) is 16.0 Å². The summed E-state index contributed by atoms with van der Waals surface area (Å²) in [5.41, 5.74) is 2.37. The van der Waals surface area contributed by atoms with Crippen LogP contribution < -0.4 is 4.74 Å². The molecule has 0 saturated carbocycles. The molecule has 2 aromatic carbocycles. The van der Waals surface area contributed by atoms with Crippen molar-refractivity contribution in [2.75, 3.05) is 7.11 Å². The Morgan fingerprint density at radius 3 is 2.79 bits per heavy atom. The number of H-pyrrole nitrogens is 1. The normalized spacial score (nSPS) is 10.8. The van der Waals surface area contributed by atoms with Crippen molar-refractivity contribution in [3.8, 4) is 5.75 Å². The monoisotopic (exact) mass is 270 g/mol. The largest absolute Gasteiger partial charge is 0.497 e. The van der Waals surface area contributed by atoms with Gasteiger partial charge in [0.25, 0.3) is 0 Å². The van der Waals surface area contributed by atoms with Crippen LogP contribution in [-0.4, -0.2) is 17.3 Å². The van der Waals surface area contributed by atoms with Crippen molar-refractivity contribution >= 4 is 22.7 Å². The molecule has 0 unspecified atom stereocenters. The molecule has 19 heavy (non-hydrogen) atoms. The van der Waals surface area contributed by atoms with Crippen LogP contribution in [0.3, 0.4) is 0 Å². The number of hydrogen-bond acceptors (Lipinski definition) is 3. The number of hydrogen-bond donors (Lipinski definition) is 1. The number of ether oxygens (including phenoxy) is 1. The van der Waals surface area contributed by atoms with Gasteiger partial charge in [-0.25, -0.2) is 0 Å². The first-order valence-corrected chi connectivity index (χ1v) is 7.03. The molecule has 0 amide bonds. The van der Waals surface area contributed by atoms with Crippen LogP contribution in [-0.2, 0) is 5.75 Å². The van der Waals surface area contributed by atoms with Gasteiger partial charge in [-0.2, -0.15) is 5.10 Å². The second-order valence-electron chi connectivity index (χ2n) is 4.22. The van der Waals surface area contributed by atoms with Gasteiger partial charge < -0.3 is 4.74 Å². The summed E-state index contributed by atoms with van der Waals surface area (Å²) in [5, 5.41) is 8.26. The van der Waals surface area contributed by atoms with E-state index in [1.54, 1.807) is 7.11 Å². The third-order valence-corrected chi connectivity index (χ3v) is 4.14. The molecule has 0 aliphatic heterocycles. The average molecular weight is 270 g/mol. The molecule has 3 aromatic rings. The van der Waals surface area contributed by atoms with Gasteiger partial charge in [0.05, 0.1) is 18.8 Å². The predicted molar refractivity (Wildman–Crippen MR) is 78.6 cm³/mol. The van der Waals surface area contributed by atoms with E-state index in [9.17, 15) is 0 Å². The molecule has 0 spiro atoms. The zero-order valence-electron chi connectivity index (χ0n) is 10.6. The van der Waals surface area contributed by atoms with Gasteiger partial charge in [0.1, 0.15) is 5.75 Å². The van der Waals surface area contributed by atoms with E-state index in [2.05, 4.69) is 34.5 Å². The number of nitrogens with zero attached hydrogens (tertiary/aromatic N) is 1. The summed E-state index contributed by atoms with van der Waals surface area (Å²) < 4.78 is 5.16. The standard InChI is InChI=1S/C15H14N2OS/c1-18-12-7-5-11(6-8-12)10-19-15-4-2-3-14-13(15)9-16-17-14/h2-9H,10H2,1H3,(H,16,17). The van der Waals surface area contributed by atoms with Crippen molar-refractivity contribution in [1.29, 1.82) is 0 Å². The Morgan fingerprint density at radius 2 is 2.00 bits per heavy atom. The molecule has 0 atom stereocenters. The van der Waals surface area contributed by atoms with Crippen LogP contribution in [0.5, 0.6) is 5.75 Å². The van der Waals surface area contributed by atoms with Crippen LogP contribution in [0, 0.1) is 0 Å². The summed E-state index contributed by atoms with van der Waals surface area (Å²) >= 11 is 1.82. The fraction of sp³-hybridized carbons (Fsp3) is 0.133. The number of aromatic amines is 1. The molecule has 0 bridgehead atoms. The molecule has 96 valence electrons. The van der Waals surface area contributed by atoms with Gasteiger partial charge in [0.2, 0.25) is 0 Å². The molecule has 0 radical (unpaired) electrons. The van der Waals surface area contributed by atoms with Crippen molar-refractivity contribution in [3.05, 3.63) is 54.2 Å². The van der Waals surface area contributed by atoms with Gasteiger partial charge in [-0.15, -0.1) is 11.8 Å². The number of fused-ring (bicyclic) bond motifs is 1. The van der Waals surface area contributed by atoms with Crippen molar-refractivity contribution in [2.45, 2.75) is 10.6 Å². The maximum atomic E-state index is 5.16. The summed E-state index contributed by atoms with van der Waals surface area (Å²) in [7, 11) is 1.68. The Bertz CT molecular complexity index is 676. The topological polar surface area (TPSA) is 37.9 Å². The van der Waals surface area contributed by atoms with E-state index in [1.165, 1.54) is 15.8 Å². The summed E-state index contributed by atoms with van der Waals surface area (Å²) in [6.45, 7) is 0. The lowest BCUT2D eigenvalue weighted by molar-refractivity contribution is 0.414. The maximum Gasteiger partial charge on any atom is 0.118 e. The molecular formula is C15H14N2OS. The fourth-order valence-electron chi connectivity index (χ4n) is 1.95. The molecule has 4 heteroatoms. The minimum atomic E-state index is 0.894. The molecule has 0 aliphatic carbocycles. The number of methoxy groups -OCH3 is 1. The Kier molecular flexibility index (Phi) is 3.42. The highest BCUT2D eigenvalue weighted by atomic mass is 32.2. The van der Waals surface area contributed by atoms with E-state index >= 15 is 0 Å². The molecule has 0 fully saturated rings. The number of benzene rings is 2. The summed E-state index contributed by atoms with van der Waals surface area (Å²) in [5.74, 6) is 1.83. The van der Waals surface area contributed by atoms with E-state index in [0.717, 1.165) is 17.0 Å². The van der Waals surface area contributed by atoms with Crippen molar-refractivity contribution in [1.82, 2.24) is 10.2 Å². The molecule has 1 aromatic heterocycles. The molecule has 1 heterocycles. The fourth-order valence-corrected chi connectivity index (χ4v) is 2.96. The first-order valence-electron chi connectivity index (χ1n) is 6.04. The smallest absolute Gasteiger partial charge is 0.118 e. The molecule has 0 aliphatic rings. The van der Waals surface area contributed by atoms with Gasteiger partial charge in [0.15, 0.2) is 0 Å². The maximum absolute atomic E-state index is 5.16. The second-order valence-corrected chi connectivity index (χ2v) is 5.24. The first-order chi connectivity index (χ1) is 9.36. The minimum absolute atomic E-state index is 0.894. The van der Waals surface area contributed by atoms with E-state index in [4.69, 9.17) is 4.74 Å². The quantitative estimate of drug-likeness (QED) is 0.731. The van der Waals surface area contributed by atoms with Gasteiger partial charge in [-0.3, -0.25) is 5.10 Å². The molecule has 1 N–H and O–H groups in total. The van der Waals surface area contributed by atoms with Crippen molar-refractivity contribution < 1.29 is 4.74 Å². The zero-order valence-corrected chi connectivity index (χ0v) is 11.4. The third kappa shape index (κ3) is 2.58. The molecule has 0 saturated heterocycles. The first kappa shape index (κ1) is 12.1. The van der Waals surface area contributed by atoms with Crippen molar-refractivity contribution in [3.63, 3.8) is 0 Å². The van der Waals surface area contributed by atoms with Gasteiger partial charge >= 0.3 is 0 Å². The molecule has 3 rings (SSSR count). The van der Waals surface area contributed by atoms with Crippen LogP contribution in [0.25, 0.3) is 10.9 Å². The average Bonchev–Trinajstić information content (AvgIpc) is 2.94. The highest BCUT2D eigenvalue weighted by Crippen LogP contribution is 2.29. The third-order valence-electron chi connectivity index (χ3n) is 3.00.